The molecule has 1 rings (SSSR count). The summed E-state index contributed by atoms with van der Waals surface area (Å²) >= 11 is 0. The Morgan fingerprint density at radius 3 is 1.23 bits per heavy atom. The summed E-state index contributed by atoms with van der Waals surface area (Å²) in [5.41, 5.74) is 6.58. The zero-order valence-electron chi connectivity index (χ0n) is 14.4. The fourth-order valence-electron chi connectivity index (χ4n) is 2.35. The average Bonchev–Trinajstić information content (AvgIpc) is 2.59. The third-order valence-electron chi connectivity index (χ3n) is 3.38. The van der Waals surface area contributed by atoms with Gasteiger partial charge in [0.2, 0.25) is 0 Å². The highest BCUT2D eigenvalue weighted by molar-refractivity contribution is 5.89. The first-order valence-corrected chi connectivity index (χ1v) is 7.68. The Kier molecular flexibility index (Phi) is 9.29. The summed E-state index contributed by atoms with van der Waals surface area (Å²) in [7, 11) is 0. The van der Waals surface area contributed by atoms with Gasteiger partial charge in [-0.3, -0.25) is 0 Å². The molecule has 0 saturated heterocycles. The summed E-state index contributed by atoms with van der Waals surface area (Å²) in [4.78, 5) is 0. The van der Waals surface area contributed by atoms with E-state index >= 15 is 0 Å². The van der Waals surface area contributed by atoms with E-state index < -0.39 is 0 Å². The van der Waals surface area contributed by atoms with E-state index in [9.17, 15) is 0 Å². The first-order chi connectivity index (χ1) is 10.7. The lowest BCUT2D eigenvalue weighted by molar-refractivity contribution is 1.49. The number of allylic oxidation sites excluding steroid dienone is 6. The van der Waals surface area contributed by atoms with Gasteiger partial charge in [-0.05, 0) is 47.2 Å². The minimum absolute atomic E-state index is 1.08. The molecular formula is C22H28. The second kappa shape index (κ2) is 10.4. The van der Waals surface area contributed by atoms with Crippen LogP contribution in [0.2, 0.25) is 0 Å². The van der Waals surface area contributed by atoms with Gasteiger partial charge >= 0.3 is 0 Å². The highest BCUT2D eigenvalue weighted by Crippen LogP contribution is 2.31. The normalized spacial score (nSPS) is 11.1. The Morgan fingerprint density at radius 1 is 0.727 bits per heavy atom. The number of hydrogen-bond donors (Lipinski definition) is 0. The largest absolute Gasteiger partial charge is 0.0985 e. The summed E-state index contributed by atoms with van der Waals surface area (Å²) < 4.78 is 0. The molecule has 0 bridgehead atoms. The summed E-state index contributed by atoms with van der Waals surface area (Å²) in [6.07, 6.45) is 11.6. The lowest BCUT2D eigenvalue weighted by atomic mass is 9.88. The first-order valence-electron chi connectivity index (χ1n) is 7.68. The van der Waals surface area contributed by atoms with Crippen LogP contribution in [0.15, 0.2) is 62.8 Å². The second-order valence-electron chi connectivity index (χ2n) is 4.29. The van der Waals surface area contributed by atoms with E-state index in [0.29, 0.717) is 0 Å². The van der Waals surface area contributed by atoms with Gasteiger partial charge in [0.25, 0.3) is 0 Å². The monoisotopic (exact) mass is 292 g/mol. The van der Waals surface area contributed by atoms with Crippen molar-refractivity contribution in [2.45, 2.75) is 27.7 Å². The summed E-state index contributed by atoms with van der Waals surface area (Å²) in [6.45, 7) is 23.7. The van der Waals surface area contributed by atoms with Crippen molar-refractivity contribution in [3.8, 4) is 0 Å². The third kappa shape index (κ3) is 4.08. The zero-order valence-corrected chi connectivity index (χ0v) is 14.4. The van der Waals surface area contributed by atoms with Crippen LogP contribution in [0, 0.1) is 0 Å². The predicted octanol–water partition coefficient (Wildman–Crippen LogP) is 7.18. The Morgan fingerprint density at radius 2 is 1.05 bits per heavy atom. The van der Waals surface area contributed by atoms with Gasteiger partial charge in [0, 0.05) is 0 Å². The molecule has 0 amide bonds. The topological polar surface area (TPSA) is 0 Å². The molecule has 116 valence electrons. The lowest BCUT2D eigenvalue weighted by Gasteiger charge is -2.15. The van der Waals surface area contributed by atoms with Crippen LogP contribution in [0.25, 0.3) is 23.3 Å². The van der Waals surface area contributed by atoms with Gasteiger partial charge in [-0.25, -0.2) is 0 Å². The van der Waals surface area contributed by atoms with Crippen molar-refractivity contribution in [1.29, 1.82) is 0 Å². The minimum atomic E-state index is 1.08. The summed E-state index contributed by atoms with van der Waals surface area (Å²) in [5.74, 6) is 0. The van der Waals surface area contributed by atoms with Crippen molar-refractivity contribution < 1.29 is 0 Å². The molecule has 0 aliphatic carbocycles. The van der Waals surface area contributed by atoms with Gasteiger partial charge in [-0.1, -0.05) is 88.8 Å². The van der Waals surface area contributed by atoms with Crippen LogP contribution >= 0.6 is 0 Å². The van der Waals surface area contributed by atoms with Crippen molar-refractivity contribution in [3.63, 3.8) is 0 Å². The van der Waals surface area contributed by atoms with Crippen molar-refractivity contribution >= 4 is 23.3 Å². The molecule has 0 heterocycles. The van der Waals surface area contributed by atoms with Gasteiger partial charge in [0.1, 0.15) is 0 Å². The number of hydrogen-bond acceptors (Lipinski definition) is 0. The minimum Gasteiger partial charge on any atom is -0.0985 e. The number of benzene rings is 1. The predicted molar refractivity (Wildman–Crippen MR) is 106 cm³/mol. The molecule has 0 unspecified atom stereocenters. The molecule has 0 fully saturated rings. The Labute approximate surface area is 136 Å². The quantitative estimate of drug-likeness (QED) is 0.487. The first kappa shape index (κ1) is 19.7. The lowest BCUT2D eigenvalue weighted by Crippen LogP contribution is -1.96. The van der Waals surface area contributed by atoms with Crippen molar-refractivity contribution in [2.24, 2.45) is 0 Å². The van der Waals surface area contributed by atoms with Crippen LogP contribution in [0.5, 0.6) is 0 Å². The van der Waals surface area contributed by atoms with Crippen LogP contribution in [0.1, 0.15) is 49.9 Å². The van der Waals surface area contributed by atoms with Crippen LogP contribution in [0.3, 0.4) is 0 Å². The Bertz CT molecular complexity index is 552. The van der Waals surface area contributed by atoms with E-state index in [1.165, 1.54) is 0 Å². The molecule has 0 heteroatoms. The highest BCUT2D eigenvalue weighted by Gasteiger charge is 2.11. The maximum Gasteiger partial charge on any atom is -0.0105 e. The van der Waals surface area contributed by atoms with Gasteiger partial charge < -0.3 is 0 Å². The molecule has 0 radical (unpaired) electrons. The molecular weight excluding hydrogens is 264 g/mol. The molecule has 0 nitrogen and oxygen atoms in total. The van der Waals surface area contributed by atoms with Crippen LogP contribution in [-0.4, -0.2) is 0 Å². The van der Waals surface area contributed by atoms with Gasteiger partial charge in [0.05, 0.1) is 0 Å². The molecule has 0 aliphatic rings. The molecule has 0 atom stereocenters. The smallest absolute Gasteiger partial charge is 0.0105 e. The SMILES string of the molecule is C=C/C(=C\C)c1ccc(/C(C=C)=C/C)c(C=C)c1C=C.CC. The highest BCUT2D eigenvalue weighted by atomic mass is 14.2. The fourth-order valence-corrected chi connectivity index (χ4v) is 2.35. The molecule has 1 aromatic rings. The maximum atomic E-state index is 3.95. The molecule has 0 N–H and O–H groups in total. The van der Waals surface area contributed by atoms with Gasteiger partial charge in [0.15, 0.2) is 0 Å². The van der Waals surface area contributed by atoms with E-state index in [4.69, 9.17) is 0 Å². The fraction of sp³-hybridized carbons (Fsp3) is 0.182. The van der Waals surface area contributed by atoms with E-state index in [1.807, 2.05) is 64.2 Å². The zero-order chi connectivity index (χ0) is 17.1. The van der Waals surface area contributed by atoms with E-state index in [2.05, 4.69) is 38.4 Å². The van der Waals surface area contributed by atoms with E-state index in [0.717, 1.165) is 33.4 Å². The summed E-state index contributed by atoms with van der Waals surface area (Å²) in [5, 5.41) is 0. The van der Waals surface area contributed by atoms with Crippen LogP contribution in [-0.2, 0) is 0 Å². The molecule has 1 aromatic carbocycles. The number of rotatable bonds is 6. The molecule has 0 aliphatic heterocycles. The second-order valence-corrected chi connectivity index (χ2v) is 4.29. The van der Waals surface area contributed by atoms with Crippen molar-refractivity contribution in [3.05, 3.63) is 85.0 Å². The van der Waals surface area contributed by atoms with Gasteiger partial charge in [-0.15, -0.1) is 0 Å². The molecule has 0 saturated carbocycles. The maximum absolute atomic E-state index is 3.95. The molecule has 0 spiro atoms. The standard InChI is InChI=1S/C20H22.C2H6/c1-7-15(8-2)19-13-14-20(16(9-3)10-4)18(12-6)17(19)11-5;1-2/h7-14H,1,3,5-6H2,2,4H3;1-2H3/b15-8+,16-10+;. The molecule has 0 aromatic heterocycles. The Hall–Kier alpha value is -2.34. The van der Waals surface area contributed by atoms with E-state index in [1.54, 1.807) is 0 Å². The average molecular weight is 292 g/mol. The molecule has 22 heavy (non-hydrogen) atoms. The van der Waals surface area contributed by atoms with Crippen molar-refractivity contribution in [2.75, 3.05) is 0 Å². The Balaban J connectivity index is 0.00000211. The van der Waals surface area contributed by atoms with Crippen molar-refractivity contribution in [1.82, 2.24) is 0 Å². The van der Waals surface area contributed by atoms with E-state index in [-0.39, 0.29) is 0 Å². The van der Waals surface area contributed by atoms with Crippen LogP contribution < -0.4 is 0 Å². The third-order valence-corrected chi connectivity index (χ3v) is 3.38. The summed E-state index contributed by atoms with van der Waals surface area (Å²) in [6, 6.07) is 4.20. The van der Waals surface area contributed by atoms with Crippen LogP contribution in [0.4, 0.5) is 0 Å². The van der Waals surface area contributed by atoms with Gasteiger partial charge in [-0.2, -0.15) is 0 Å².